The first-order chi connectivity index (χ1) is 7.66. The van der Waals surface area contributed by atoms with Gasteiger partial charge in [0.15, 0.2) is 0 Å². The number of hydrogen-bond acceptors (Lipinski definition) is 2. The average Bonchev–Trinajstić information content (AvgIpc) is 2.32. The lowest BCUT2D eigenvalue weighted by atomic mass is 9.81. The number of rotatable bonds is 2. The van der Waals surface area contributed by atoms with Crippen LogP contribution in [0.1, 0.15) is 18.4 Å². The Hall–Kier alpha value is -0.130. The maximum Gasteiger partial charge on any atom is 0.0456 e. The third-order valence-corrected chi connectivity index (χ3v) is 4.44. The zero-order valence-corrected chi connectivity index (χ0v) is 12.1. The van der Waals surface area contributed by atoms with Gasteiger partial charge in [-0.25, -0.2) is 0 Å². The van der Waals surface area contributed by atoms with Gasteiger partial charge in [-0.3, -0.25) is 0 Å². The molecule has 0 aliphatic carbocycles. The highest BCUT2D eigenvalue weighted by Crippen LogP contribution is 2.32. The van der Waals surface area contributed by atoms with Gasteiger partial charge in [-0.2, -0.15) is 0 Å². The zero-order chi connectivity index (χ0) is 11.6. The Bertz CT molecular complexity index is 339. The highest BCUT2D eigenvalue weighted by atomic mass is 127. The second kappa shape index (κ2) is 5.02. The molecule has 3 heteroatoms. The highest BCUT2D eigenvalue weighted by Gasteiger charge is 2.33. The molecule has 1 aromatic carbocycles. The topological polar surface area (TPSA) is 15.3 Å². The molecule has 0 saturated carbocycles. The summed E-state index contributed by atoms with van der Waals surface area (Å²) in [6.07, 6.45) is 2.39. The van der Waals surface area contributed by atoms with Gasteiger partial charge in [0, 0.05) is 9.11 Å². The molecule has 1 aliphatic heterocycles. The number of benzene rings is 1. The molecule has 2 rings (SSSR count). The van der Waals surface area contributed by atoms with E-state index < -0.39 is 0 Å². The first-order valence-electron chi connectivity index (χ1n) is 5.80. The lowest BCUT2D eigenvalue weighted by molar-refractivity contribution is 0.164. The number of nitrogens with zero attached hydrogens (tertiary/aromatic N) is 1. The van der Waals surface area contributed by atoms with Crippen molar-refractivity contribution < 1.29 is 0 Å². The van der Waals surface area contributed by atoms with Crippen molar-refractivity contribution in [1.82, 2.24) is 10.2 Å². The first kappa shape index (κ1) is 12.3. The van der Waals surface area contributed by atoms with E-state index in [2.05, 4.69) is 71.2 Å². The molecule has 2 nitrogen and oxygen atoms in total. The van der Waals surface area contributed by atoms with Gasteiger partial charge in [-0.05, 0) is 80.3 Å². The minimum absolute atomic E-state index is 0.191. The van der Waals surface area contributed by atoms with Gasteiger partial charge in [0.1, 0.15) is 0 Å². The van der Waals surface area contributed by atoms with E-state index in [9.17, 15) is 0 Å². The molecule has 1 fully saturated rings. The second-order valence-electron chi connectivity index (χ2n) is 4.64. The molecule has 0 radical (unpaired) electrons. The molecule has 1 heterocycles. The second-order valence-corrected chi connectivity index (χ2v) is 5.89. The molecule has 0 atom stereocenters. The lowest BCUT2D eigenvalue weighted by Crippen LogP contribution is -2.48. The van der Waals surface area contributed by atoms with Crippen LogP contribution in [0.3, 0.4) is 0 Å². The summed E-state index contributed by atoms with van der Waals surface area (Å²) in [6, 6.07) is 8.94. The van der Waals surface area contributed by atoms with E-state index in [0.717, 1.165) is 0 Å². The number of likely N-dealkylation sites (tertiary alicyclic amines) is 1. The molecule has 0 amide bonds. The molecule has 1 N–H and O–H groups in total. The van der Waals surface area contributed by atoms with Crippen LogP contribution in [0.2, 0.25) is 0 Å². The summed E-state index contributed by atoms with van der Waals surface area (Å²) in [7, 11) is 4.29. The Balaban J connectivity index is 2.24. The van der Waals surface area contributed by atoms with Crippen molar-refractivity contribution in [3.63, 3.8) is 0 Å². The van der Waals surface area contributed by atoms with Crippen LogP contribution in [0.5, 0.6) is 0 Å². The first-order valence-corrected chi connectivity index (χ1v) is 6.88. The summed E-state index contributed by atoms with van der Waals surface area (Å²) < 4.78 is 1.31. The summed E-state index contributed by atoms with van der Waals surface area (Å²) in [6.45, 7) is 2.35. The molecule has 1 saturated heterocycles. The van der Waals surface area contributed by atoms with Crippen LogP contribution in [0.25, 0.3) is 0 Å². The van der Waals surface area contributed by atoms with Crippen LogP contribution in [-0.4, -0.2) is 32.1 Å². The molecule has 0 aromatic heterocycles. The van der Waals surface area contributed by atoms with Gasteiger partial charge in [-0.1, -0.05) is 12.1 Å². The van der Waals surface area contributed by atoms with Gasteiger partial charge in [0.05, 0.1) is 0 Å². The van der Waals surface area contributed by atoms with Crippen LogP contribution in [-0.2, 0) is 5.54 Å². The molecular weight excluding hydrogens is 311 g/mol. The summed E-state index contributed by atoms with van der Waals surface area (Å²) in [4.78, 5) is 2.41. The number of halogens is 1. The van der Waals surface area contributed by atoms with Gasteiger partial charge >= 0.3 is 0 Å². The van der Waals surface area contributed by atoms with Crippen molar-refractivity contribution in [3.8, 4) is 0 Å². The summed E-state index contributed by atoms with van der Waals surface area (Å²) in [5, 5.41) is 3.54. The standard InChI is InChI=1S/C13H19IN2/c1-15-13(7-9-16(2)10-8-13)11-3-5-12(14)6-4-11/h3-6,15H,7-10H2,1-2H3. The largest absolute Gasteiger partial charge is 0.310 e. The highest BCUT2D eigenvalue weighted by molar-refractivity contribution is 14.1. The van der Waals surface area contributed by atoms with E-state index >= 15 is 0 Å². The molecular formula is C13H19IN2. The molecule has 1 aromatic rings. The Morgan fingerprint density at radius 2 is 1.75 bits per heavy atom. The van der Waals surface area contributed by atoms with E-state index in [4.69, 9.17) is 0 Å². The molecule has 0 unspecified atom stereocenters. The Labute approximate surface area is 112 Å². The minimum Gasteiger partial charge on any atom is -0.310 e. The monoisotopic (exact) mass is 330 g/mol. The summed E-state index contributed by atoms with van der Waals surface area (Å²) in [5.74, 6) is 0. The number of piperidine rings is 1. The van der Waals surface area contributed by atoms with E-state index in [-0.39, 0.29) is 5.54 Å². The van der Waals surface area contributed by atoms with Crippen molar-refractivity contribution in [2.75, 3.05) is 27.2 Å². The maximum atomic E-state index is 3.54. The van der Waals surface area contributed by atoms with Gasteiger partial charge in [0.2, 0.25) is 0 Å². The summed E-state index contributed by atoms with van der Waals surface area (Å²) in [5.41, 5.74) is 1.63. The fourth-order valence-corrected chi connectivity index (χ4v) is 2.81. The molecule has 88 valence electrons. The smallest absolute Gasteiger partial charge is 0.0456 e. The predicted octanol–water partition coefficient (Wildman–Crippen LogP) is 2.43. The van der Waals surface area contributed by atoms with E-state index in [1.165, 1.54) is 35.1 Å². The normalized spacial score (nSPS) is 20.9. The van der Waals surface area contributed by atoms with Crippen LogP contribution in [0.15, 0.2) is 24.3 Å². The fraction of sp³-hybridized carbons (Fsp3) is 0.538. The van der Waals surface area contributed by atoms with Gasteiger partial charge in [0.25, 0.3) is 0 Å². The SMILES string of the molecule is CNC1(c2ccc(I)cc2)CCN(C)CC1. The third-order valence-electron chi connectivity index (χ3n) is 3.72. The average molecular weight is 330 g/mol. The lowest BCUT2D eigenvalue weighted by Gasteiger charge is -2.41. The van der Waals surface area contributed by atoms with Crippen molar-refractivity contribution >= 4 is 22.6 Å². The Kier molecular flexibility index (Phi) is 3.87. The fourth-order valence-electron chi connectivity index (χ4n) is 2.45. The van der Waals surface area contributed by atoms with Crippen LogP contribution >= 0.6 is 22.6 Å². The predicted molar refractivity (Wildman–Crippen MR) is 76.6 cm³/mol. The third kappa shape index (κ3) is 2.41. The van der Waals surface area contributed by atoms with Crippen molar-refractivity contribution in [1.29, 1.82) is 0 Å². The van der Waals surface area contributed by atoms with Crippen molar-refractivity contribution in [2.24, 2.45) is 0 Å². The van der Waals surface area contributed by atoms with E-state index in [0.29, 0.717) is 0 Å². The van der Waals surface area contributed by atoms with Crippen LogP contribution in [0.4, 0.5) is 0 Å². The molecule has 0 spiro atoms. The minimum atomic E-state index is 0.191. The van der Waals surface area contributed by atoms with Crippen LogP contribution in [0, 0.1) is 3.57 Å². The van der Waals surface area contributed by atoms with Crippen LogP contribution < -0.4 is 5.32 Å². The zero-order valence-electron chi connectivity index (χ0n) is 9.96. The van der Waals surface area contributed by atoms with Gasteiger partial charge < -0.3 is 10.2 Å². The Morgan fingerprint density at radius 1 is 1.19 bits per heavy atom. The Morgan fingerprint density at radius 3 is 2.25 bits per heavy atom. The van der Waals surface area contributed by atoms with E-state index in [1.54, 1.807) is 0 Å². The molecule has 0 bridgehead atoms. The number of nitrogens with one attached hydrogen (secondary N) is 1. The molecule has 1 aliphatic rings. The van der Waals surface area contributed by atoms with Crippen molar-refractivity contribution in [3.05, 3.63) is 33.4 Å². The quantitative estimate of drug-likeness (QED) is 0.838. The molecule has 16 heavy (non-hydrogen) atoms. The van der Waals surface area contributed by atoms with E-state index in [1.807, 2.05) is 0 Å². The van der Waals surface area contributed by atoms with Crippen molar-refractivity contribution in [2.45, 2.75) is 18.4 Å². The summed E-state index contributed by atoms with van der Waals surface area (Å²) >= 11 is 2.36. The van der Waals surface area contributed by atoms with Gasteiger partial charge in [-0.15, -0.1) is 0 Å². The maximum absolute atomic E-state index is 3.54. The number of hydrogen-bond donors (Lipinski definition) is 1.